The molecule has 0 aliphatic carbocycles. The molecule has 0 fully saturated rings. The zero-order valence-electron chi connectivity index (χ0n) is 16.4. The number of halogens is 6. The molecule has 0 bridgehead atoms. The van der Waals surface area contributed by atoms with E-state index in [0.29, 0.717) is 33.8 Å². The fraction of sp³-hybridized carbons (Fsp3) is 0.316. The molecular formula is C19H15F6N3O2S2. The molecule has 3 rings (SSSR count). The van der Waals surface area contributed by atoms with Crippen molar-refractivity contribution < 1.29 is 36.2 Å². The first kappa shape index (κ1) is 24.1. The molecule has 1 atom stereocenters. The lowest BCUT2D eigenvalue weighted by atomic mass is 10.0. The van der Waals surface area contributed by atoms with Gasteiger partial charge in [-0.1, -0.05) is 12.1 Å². The number of nitrogens with zero attached hydrogens (tertiary/aromatic N) is 2. The number of aromatic nitrogens is 2. The first-order chi connectivity index (χ1) is 14.7. The molecule has 1 amide bonds. The van der Waals surface area contributed by atoms with Gasteiger partial charge >= 0.3 is 12.4 Å². The van der Waals surface area contributed by atoms with E-state index in [1.54, 1.807) is 6.92 Å². The van der Waals surface area contributed by atoms with Gasteiger partial charge in [-0.2, -0.15) is 30.7 Å². The fourth-order valence-corrected chi connectivity index (χ4v) is 4.24. The number of rotatable bonds is 5. The minimum atomic E-state index is -4.88. The highest BCUT2D eigenvalue weighted by Gasteiger charge is 2.50. The van der Waals surface area contributed by atoms with Crippen LogP contribution >= 0.6 is 22.9 Å². The van der Waals surface area contributed by atoms with E-state index in [2.05, 4.69) is 14.7 Å². The number of benzene rings is 1. The van der Waals surface area contributed by atoms with Gasteiger partial charge in [-0.15, -0.1) is 11.3 Å². The maximum atomic E-state index is 13.0. The van der Waals surface area contributed by atoms with E-state index in [1.165, 1.54) is 18.2 Å². The highest BCUT2D eigenvalue weighted by Crippen LogP contribution is 2.36. The number of hydrogen-bond acceptors (Lipinski definition) is 6. The molecular weight excluding hydrogens is 480 g/mol. The van der Waals surface area contributed by atoms with E-state index in [9.17, 15) is 36.2 Å². The van der Waals surface area contributed by atoms with E-state index < -0.39 is 35.8 Å². The second-order valence-corrected chi connectivity index (χ2v) is 9.09. The van der Waals surface area contributed by atoms with Gasteiger partial charge in [0.1, 0.15) is 5.82 Å². The lowest BCUT2D eigenvalue weighted by Gasteiger charge is -2.24. The van der Waals surface area contributed by atoms with Crippen LogP contribution in [0.2, 0.25) is 0 Å². The maximum absolute atomic E-state index is 13.0. The van der Waals surface area contributed by atoms with E-state index >= 15 is 0 Å². The van der Waals surface area contributed by atoms with Crippen molar-refractivity contribution in [1.82, 2.24) is 9.36 Å². The van der Waals surface area contributed by atoms with Crippen LogP contribution in [-0.4, -0.2) is 32.1 Å². The molecule has 5 nitrogen and oxygen atoms in total. The number of thiophene rings is 1. The zero-order chi connectivity index (χ0) is 23.9. The number of aryl methyl sites for hydroxylation is 1. The number of carbonyl (C=O) groups excluding carboxylic acids is 1. The van der Waals surface area contributed by atoms with Crippen molar-refractivity contribution in [2.45, 2.75) is 38.2 Å². The van der Waals surface area contributed by atoms with Gasteiger partial charge in [0.05, 0.1) is 11.1 Å². The van der Waals surface area contributed by atoms with Crippen LogP contribution in [-0.2, 0) is 12.6 Å². The molecule has 3 aromatic rings. The van der Waals surface area contributed by atoms with Crippen molar-refractivity contribution >= 4 is 33.9 Å². The average molecular weight is 495 g/mol. The van der Waals surface area contributed by atoms with Crippen molar-refractivity contribution in [1.29, 1.82) is 0 Å². The van der Waals surface area contributed by atoms with Crippen LogP contribution in [0, 0.1) is 6.92 Å². The lowest BCUT2D eigenvalue weighted by Crippen LogP contribution is -2.44. The molecule has 0 radical (unpaired) electrons. The third-order valence-corrected chi connectivity index (χ3v) is 6.21. The van der Waals surface area contributed by atoms with Gasteiger partial charge in [0.2, 0.25) is 5.13 Å². The van der Waals surface area contributed by atoms with Crippen LogP contribution in [0.4, 0.5) is 31.5 Å². The molecule has 13 heteroatoms. The molecule has 0 saturated carbocycles. The van der Waals surface area contributed by atoms with Crippen LogP contribution in [0.25, 0.3) is 10.4 Å². The van der Waals surface area contributed by atoms with Gasteiger partial charge < -0.3 is 5.11 Å². The van der Waals surface area contributed by atoms with Crippen LogP contribution in [0.1, 0.15) is 33.5 Å². The minimum absolute atomic E-state index is 0.0748. The predicted molar refractivity (Wildman–Crippen MR) is 108 cm³/mol. The Morgan fingerprint density at radius 3 is 2.47 bits per heavy atom. The van der Waals surface area contributed by atoms with E-state index in [-0.39, 0.29) is 16.5 Å². The summed E-state index contributed by atoms with van der Waals surface area (Å²) in [6, 6.07) is 6.12. The minimum Gasteiger partial charge on any atom is -0.380 e. The lowest BCUT2D eigenvalue weighted by molar-refractivity contribution is -0.252. The number of alkyl halides is 6. The first-order valence-corrected chi connectivity index (χ1v) is 10.5. The Morgan fingerprint density at radius 1 is 1.16 bits per heavy atom. The number of hydrogen-bond donors (Lipinski definition) is 2. The Morgan fingerprint density at radius 2 is 1.84 bits per heavy atom. The summed E-state index contributed by atoms with van der Waals surface area (Å²) < 4.78 is 81.0. The summed E-state index contributed by atoms with van der Waals surface area (Å²) in [5.41, 5.74) is -3.37. The Balaban J connectivity index is 1.77. The van der Waals surface area contributed by atoms with Crippen LogP contribution in [0.3, 0.4) is 0 Å². The Bertz CT molecular complexity index is 1130. The van der Waals surface area contributed by atoms with Crippen LogP contribution in [0.5, 0.6) is 0 Å². The molecule has 2 aromatic heterocycles. The molecule has 0 aliphatic rings. The molecule has 1 aromatic carbocycles. The standard InChI is InChI=1S/C19H15F6N3O2S2/c1-9-12(7-13(31-9)10-4-3-5-11(6-10)18(20,21)22)15(29)27-16-26-14(28-32-16)8-17(2,30)19(23,24)25/h3-7,30H,8H2,1-2H3,(H,26,27,28,29). The van der Waals surface area contributed by atoms with Gasteiger partial charge in [0.25, 0.3) is 5.91 Å². The van der Waals surface area contributed by atoms with Crippen molar-refractivity contribution in [2.24, 2.45) is 0 Å². The SMILES string of the molecule is Cc1sc(-c2cccc(C(F)(F)F)c2)cc1C(=O)Nc1nc(CC(C)(O)C(F)(F)F)ns1. The second-order valence-electron chi connectivity index (χ2n) is 7.08. The van der Waals surface area contributed by atoms with Crippen molar-refractivity contribution in [3.05, 3.63) is 52.2 Å². The fourth-order valence-electron chi connectivity index (χ4n) is 2.65. The summed E-state index contributed by atoms with van der Waals surface area (Å²) in [5.74, 6) is -0.929. The first-order valence-electron chi connectivity index (χ1n) is 8.88. The van der Waals surface area contributed by atoms with Gasteiger partial charge in [0.15, 0.2) is 5.60 Å². The Labute approximate surface area is 185 Å². The number of aliphatic hydroxyl groups is 1. The summed E-state index contributed by atoms with van der Waals surface area (Å²) in [6.07, 6.45) is -10.3. The summed E-state index contributed by atoms with van der Waals surface area (Å²) in [5, 5.41) is 11.9. The molecule has 32 heavy (non-hydrogen) atoms. The monoisotopic (exact) mass is 495 g/mol. The summed E-state index contributed by atoms with van der Waals surface area (Å²) in [7, 11) is 0. The molecule has 1 unspecified atom stereocenters. The van der Waals surface area contributed by atoms with E-state index in [4.69, 9.17) is 0 Å². The third kappa shape index (κ3) is 5.27. The average Bonchev–Trinajstić information content (AvgIpc) is 3.26. The topological polar surface area (TPSA) is 75.1 Å². The van der Waals surface area contributed by atoms with Crippen LogP contribution < -0.4 is 5.32 Å². The predicted octanol–water partition coefficient (Wildman–Crippen LogP) is 5.70. The quantitative estimate of drug-likeness (QED) is 0.445. The third-order valence-electron chi connectivity index (χ3n) is 4.44. The van der Waals surface area contributed by atoms with Gasteiger partial charge in [-0.25, -0.2) is 4.98 Å². The molecule has 0 saturated heterocycles. The molecule has 2 heterocycles. The summed E-state index contributed by atoms with van der Waals surface area (Å²) >= 11 is 1.77. The Hall–Kier alpha value is -2.51. The maximum Gasteiger partial charge on any atom is 0.417 e. The van der Waals surface area contributed by atoms with E-state index in [0.717, 1.165) is 23.5 Å². The normalized spacial score (nSPS) is 14.3. The highest BCUT2D eigenvalue weighted by atomic mass is 32.1. The van der Waals surface area contributed by atoms with Gasteiger partial charge in [0, 0.05) is 27.7 Å². The summed E-state index contributed by atoms with van der Waals surface area (Å²) in [4.78, 5) is 17.4. The molecule has 0 aliphatic heterocycles. The largest absolute Gasteiger partial charge is 0.417 e. The Kier molecular flexibility index (Phi) is 6.37. The number of nitrogens with one attached hydrogen (secondary N) is 1. The summed E-state index contributed by atoms with van der Waals surface area (Å²) in [6.45, 7) is 2.21. The van der Waals surface area contributed by atoms with Crippen molar-refractivity contribution in [3.63, 3.8) is 0 Å². The zero-order valence-corrected chi connectivity index (χ0v) is 18.1. The van der Waals surface area contributed by atoms with Crippen LogP contribution in [0.15, 0.2) is 30.3 Å². The molecule has 0 spiro atoms. The van der Waals surface area contributed by atoms with Gasteiger partial charge in [-0.3, -0.25) is 10.1 Å². The van der Waals surface area contributed by atoms with Crippen molar-refractivity contribution in [2.75, 3.05) is 5.32 Å². The highest BCUT2D eigenvalue weighted by molar-refractivity contribution is 7.15. The van der Waals surface area contributed by atoms with Gasteiger partial charge in [-0.05, 0) is 37.6 Å². The number of anilines is 1. The molecule has 2 N–H and O–H groups in total. The number of amides is 1. The van der Waals surface area contributed by atoms with Crippen molar-refractivity contribution in [3.8, 4) is 10.4 Å². The molecule has 172 valence electrons. The van der Waals surface area contributed by atoms with E-state index in [1.807, 2.05) is 0 Å². The number of carbonyl (C=O) groups is 1. The smallest absolute Gasteiger partial charge is 0.380 e. The second kappa shape index (κ2) is 8.45.